The average Bonchev–Trinajstić information content (AvgIpc) is 2.13. The summed E-state index contributed by atoms with van der Waals surface area (Å²) in [4.78, 5) is 0. The molecule has 0 unspecified atom stereocenters. The van der Waals surface area contributed by atoms with E-state index in [1.807, 2.05) is 0 Å². The highest BCUT2D eigenvalue weighted by Crippen LogP contribution is 2.36. The van der Waals surface area contributed by atoms with Crippen LogP contribution in [0.3, 0.4) is 0 Å². The van der Waals surface area contributed by atoms with E-state index in [9.17, 15) is 5.11 Å². The molecule has 0 heterocycles. The second-order valence-electron chi connectivity index (χ2n) is 6.40. The lowest BCUT2D eigenvalue weighted by atomic mass is 9.75. The number of hydrogen-bond donors (Lipinski definition) is 2. The van der Waals surface area contributed by atoms with Crippen LogP contribution < -0.4 is 5.32 Å². The van der Waals surface area contributed by atoms with Crippen LogP contribution in [-0.2, 0) is 0 Å². The van der Waals surface area contributed by atoms with Crippen molar-refractivity contribution in [2.75, 3.05) is 6.54 Å². The van der Waals surface area contributed by atoms with Gasteiger partial charge >= 0.3 is 0 Å². The minimum Gasteiger partial charge on any atom is -0.389 e. The van der Waals surface area contributed by atoms with E-state index in [4.69, 9.17) is 0 Å². The Bertz CT molecular complexity index is 211. The highest BCUT2D eigenvalue weighted by molar-refractivity contribution is 4.91. The smallest absolute Gasteiger partial charge is 0.0771 e. The Balaban J connectivity index is 1.68. The van der Waals surface area contributed by atoms with E-state index >= 15 is 0 Å². The SMILES string of the molecule is CC1(C)CCC(NCC2(O)CCC2)CC1. The van der Waals surface area contributed by atoms with Crippen LogP contribution in [-0.4, -0.2) is 23.3 Å². The topological polar surface area (TPSA) is 32.3 Å². The predicted molar refractivity (Wildman–Crippen MR) is 62.8 cm³/mol. The molecule has 2 rings (SSSR count). The average molecular weight is 211 g/mol. The molecule has 0 spiro atoms. The largest absolute Gasteiger partial charge is 0.389 e. The van der Waals surface area contributed by atoms with E-state index in [0.29, 0.717) is 11.5 Å². The molecule has 2 saturated carbocycles. The van der Waals surface area contributed by atoms with Crippen molar-refractivity contribution in [1.82, 2.24) is 5.32 Å². The molecule has 15 heavy (non-hydrogen) atoms. The Morgan fingerprint density at radius 2 is 1.73 bits per heavy atom. The van der Waals surface area contributed by atoms with Crippen molar-refractivity contribution in [3.05, 3.63) is 0 Å². The van der Waals surface area contributed by atoms with Crippen LogP contribution in [0.25, 0.3) is 0 Å². The number of rotatable bonds is 3. The molecular weight excluding hydrogens is 186 g/mol. The maximum absolute atomic E-state index is 9.98. The van der Waals surface area contributed by atoms with E-state index in [1.54, 1.807) is 0 Å². The predicted octanol–water partition coefficient (Wildman–Crippen LogP) is 2.46. The normalized spacial score (nSPS) is 29.8. The molecule has 0 amide bonds. The zero-order valence-corrected chi connectivity index (χ0v) is 10.2. The summed E-state index contributed by atoms with van der Waals surface area (Å²) in [7, 11) is 0. The molecule has 0 aromatic heterocycles. The number of nitrogens with one attached hydrogen (secondary N) is 1. The van der Waals surface area contributed by atoms with Crippen LogP contribution in [0.5, 0.6) is 0 Å². The van der Waals surface area contributed by atoms with Crippen LogP contribution in [0.1, 0.15) is 58.8 Å². The minimum absolute atomic E-state index is 0.354. The fourth-order valence-corrected chi connectivity index (χ4v) is 2.70. The van der Waals surface area contributed by atoms with E-state index in [-0.39, 0.29) is 5.60 Å². The molecule has 0 aromatic carbocycles. The summed E-state index contributed by atoms with van der Waals surface area (Å²) in [6, 6.07) is 0.655. The molecule has 2 aliphatic rings. The van der Waals surface area contributed by atoms with Gasteiger partial charge in [0.05, 0.1) is 5.60 Å². The lowest BCUT2D eigenvalue weighted by Gasteiger charge is -2.40. The molecule has 2 nitrogen and oxygen atoms in total. The van der Waals surface area contributed by atoms with Gasteiger partial charge in [0.25, 0.3) is 0 Å². The van der Waals surface area contributed by atoms with Crippen LogP contribution >= 0.6 is 0 Å². The second kappa shape index (κ2) is 4.06. The Labute approximate surface area is 93.5 Å². The van der Waals surface area contributed by atoms with E-state index in [0.717, 1.165) is 19.4 Å². The van der Waals surface area contributed by atoms with Gasteiger partial charge in [0.15, 0.2) is 0 Å². The van der Waals surface area contributed by atoms with Gasteiger partial charge < -0.3 is 10.4 Å². The standard InChI is InChI=1S/C13H25NO/c1-12(2)8-4-11(5-9-12)14-10-13(15)6-3-7-13/h11,14-15H,3-10H2,1-2H3. The molecule has 2 heteroatoms. The highest BCUT2D eigenvalue weighted by Gasteiger charge is 2.35. The third kappa shape index (κ3) is 2.94. The minimum atomic E-state index is -0.354. The number of aliphatic hydroxyl groups is 1. The van der Waals surface area contributed by atoms with Crippen molar-refractivity contribution in [2.24, 2.45) is 5.41 Å². The lowest BCUT2D eigenvalue weighted by molar-refractivity contribution is -0.0346. The summed E-state index contributed by atoms with van der Waals surface area (Å²) in [5.74, 6) is 0. The van der Waals surface area contributed by atoms with Gasteiger partial charge in [-0.15, -0.1) is 0 Å². The van der Waals surface area contributed by atoms with Crippen LogP contribution in [0, 0.1) is 5.41 Å². The third-order valence-corrected chi connectivity index (χ3v) is 4.34. The molecule has 2 aliphatic carbocycles. The third-order valence-electron chi connectivity index (χ3n) is 4.34. The van der Waals surface area contributed by atoms with Crippen LogP contribution in [0.2, 0.25) is 0 Å². The maximum Gasteiger partial charge on any atom is 0.0771 e. The molecule has 0 atom stereocenters. The molecule has 0 bridgehead atoms. The van der Waals surface area contributed by atoms with E-state index in [1.165, 1.54) is 32.1 Å². The van der Waals surface area contributed by atoms with Crippen molar-refractivity contribution in [3.63, 3.8) is 0 Å². The highest BCUT2D eigenvalue weighted by atomic mass is 16.3. The summed E-state index contributed by atoms with van der Waals surface area (Å²) in [6.45, 7) is 5.55. The molecule has 2 N–H and O–H groups in total. The summed E-state index contributed by atoms with van der Waals surface area (Å²) in [5.41, 5.74) is 0.193. The van der Waals surface area contributed by atoms with Crippen LogP contribution in [0.15, 0.2) is 0 Å². The van der Waals surface area contributed by atoms with Gasteiger partial charge in [-0.2, -0.15) is 0 Å². The monoisotopic (exact) mass is 211 g/mol. The molecule has 88 valence electrons. The molecule has 0 aromatic rings. The molecule has 0 saturated heterocycles. The van der Waals surface area contributed by atoms with Crippen LogP contribution in [0.4, 0.5) is 0 Å². The first-order valence-corrected chi connectivity index (χ1v) is 6.45. The Kier molecular flexibility index (Phi) is 3.09. The van der Waals surface area contributed by atoms with E-state index in [2.05, 4.69) is 19.2 Å². The molecule has 0 radical (unpaired) electrons. The zero-order valence-electron chi connectivity index (χ0n) is 10.2. The zero-order chi connectivity index (χ0) is 10.9. The summed E-state index contributed by atoms with van der Waals surface area (Å²) < 4.78 is 0. The van der Waals surface area contributed by atoms with Gasteiger partial charge in [-0.25, -0.2) is 0 Å². The lowest BCUT2D eigenvalue weighted by Crippen LogP contribution is -2.49. The van der Waals surface area contributed by atoms with Crippen molar-refractivity contribution in [1.29, 1.82) is 0 Å². The van der Waals surface area contributed by atoms with Gasteiger partial charge in [-0.1, -0.05) is 13.8 Å². The summed E-state index contributed by atoms with van der Waals surface area (Å²) in [6.07, 6.45) is 8.41. The Morgan fingerprint density at radius 1 is 1.13 bits per heavy atom. The van der Waals surface area contributed by atoms with Gasteiger partial charge in [0.1, 0.15) is 0 Å². The summed E-state index contributed by atoms with van der Waals surface area (Å²) >= 11 is 0. The van der Waals surface area contributed by atoms with E-state index < -0.39 is 0 Å². The van der Waals surface area contributed by atoms with Gasteiger partial charge in [-0.05, 0) is 50.4 Å². The summed E-state index contributed by atoms with van der Waals surface area (Å²) in [5, 5.41) is 13.5. The molecule has 0 aliphatic heterocycles. The van der Waals surface area contributed by atoms with Gasteiger partial charge in [-0.3, -0.25) is 0 Å². The van der Waals surface area contributed by atoms with Crippen molar-refractivity contribution >= 4 is 0 Å². The fourth-order valence-electron chi connectivity index (χ4n) is 2.70. The van der Waals surface area contributed by atoms with Crippen molar-refractivity contribution in [2.45, 2.75) is 70.4 Å². The number of hydrogen-bond acceptors (Lipinski definition) is 2. The van der Waals surface area contributed by atoms with Gasteiger partial charge in [0.2, 0.25) is 0 Å². The first-order valence-electron chi connectivity index (χ1n) is 6.45. The molecule has 2 fully saturated rings. The van der Waals surface area contributed by atoms with Gasteiger partial charge in [0, 0.05) is 12.6 Å². The quantitative estimate of drug-likeness (QED) is 0.751. The second-order valence-corrected chi connectivity index (χ2v) is 6.40. The first-order chi connectivity index (χ1) is 6.99. The fraction of sp³-hybridized carbons (Fsp3) is 1.00. The molecular formula is C13H25NO. The first kappa shape index (κ1) is 11.4. The Hall–Kier alpha value is -0.0800. The van der Waals surface area contributed by atoms with Crippen molar-refractivity contribution < 1.29 is 5.11 Å². The Morgan fingerprint density at radius 3 is 2.20 bits per heavy atom. The van der Waals surface area contributed by atoms with Crippen molar-refractivity contribution in [3.8, 4) is 0 Å². The maximum atomic E-state index is 9.98.